The fourth-order valence-electron chi connectivity index (χ4n) is 8.10. The summed E-state index contributed by atoms with van der Waals surface area (Å²) in [7, 11) is 0. The Hall–Kier alpha value is -1.67. The SMILES string of the molecule is CCCCCCCC/C=C\CCCCCCCCC(O)C(=O)NC(COC1OC(CO)C(O)C(O)C1O)C(O)C(O)CCC/C=C/CC/C=C/CCCCCCCCCCCCC. The van der Waals surface area contributed by atoms with E-state index in [2.05, 4.69) is 55.6 Å². The van der Waals surface area contributed by atoms with Crippen LogP contribution in [-0.4, -0.2) is 110 Å². The van der Waals surface area contributed by atoms with Crippen molar-refractivity contribution in [1.29, 1.82) is 0 Å². The standard InChI is InChI=1S/C52H97NO10/c1-3-5-7-9-11-13-15-17-19-21-22-23-24-26-27-29-31-33-35-37-39-44(55)47(57)43(42-62-52-50(60)49(59)48(58)46(41-54)63-52)53-51(61)45(56)40-38-36-34-32-30-28-25-20-18-16-14-12-10-8-6-4-2/h18,20,24,26,31,33,43-50,52,54-60H,3-17,19,21-23,25,27-30,32,34-42H2,1-2H3,(H,53,61)/b20-18-,26-24+,33-31+. The molecule has 370 valence electrons. The van der Waals surface area contributed by atoms with Gasteiger partial charge in [0, 0.05) is 0 Å². The van der Waals surface area contributed by atoms with Crippen LogP contribution in [0.4, 0.5) is 0 Å². The Morgan fingerprint density at radius 2 is 0.952 bits per heavy atom. The van der Waals surface area contributed by atoms with Crippen LogP contribution >= 0.6 is 0 Å². The predicted molar refractivity (Wildman–Crippen MR) is 256 cm³/mol. The highest BCUT2D eigenvalue weighted by atomic mass is 16.7. The van der Waals surface area contributed by atoms with E-state index in [-0.39, 0.29) is 12.8 Å². The Labute approximate surface area is 384 Å². The summed E-state index contributed by atoms with van der Waals surface area (Å²) in [6, 6.07) is -1.19. The van der Waals surface area contributed by atoms with Crippen molar-refractivity contribution >= 4 is 5.91 Å². The Bertz CT molecular complexity index is 1120. The number of nitrogens with one attached hydrogen (secondary N) is 1. The van der Waals surface area contributed by atoms with Gasteiger partial charge in [0.1, 0.15) is 36.6 Å². The molecule has 0 aliphatic carbocycles. The molecule has 0 radical (unpaired) electrons. The van der Waals surface area contributed by atoms with Crippen molar-refractivity contribution in [3.05, 3.63) is 36.5 Å². The summed E-state index contributed by atoms with van der Waals surface area (Å²) in [5.41, 5.74) is 0. The van der Waals surface area contributed by atoms with Gasteiger partial charge < -0.3 is 50.5 Å². The van der Waals surface area contributed by atoms with Crippen molar-refractivity contribution in [3.63, 3.8) is 0 Å². The summed E-state index contributed by atoms with van der Waals surface area (Å²) < 4.78 is 11.1. The minimum absolute atomic E-state index is 0.244. The number of hydrogen-bond acceptors (Lipinski definition) is 10. The van der Waals surface area contributed by atoms with Crippen molar-refractivity contribution < 1.29 is 50.0 Å². The van der Waals surface area contributed by atoms with Crippen molar-refractivity contribution in [3.8, 4) is 0 Å². The van der Waals surface area contributed by atoms with Gasteiger partial charge in [-0.1, -0.05) is 179 Å². The first kappa shape index (κ1) is 59.3. The van der Waals surface area contributed by atoms with Crippen LogP contribution in [-0.2, 0) is 14.3 Å². The van der Waals surface area contributed by atoms with Gasteiger partial charge in [0.15, 0.2) is 6.29 Å². The van der Waals surface area contributed by atoms with Gasteiger partial charge >= 0.3 is 0 Å². The summed E-state index contributed by atoms with van der Waals surface area (Å²) in [5, 5.41) is 75.8. The van der Waals surface area contributed by atoms with E-state index in [0.29, 0.717) is 19.3 Å². The van der Waals surface area contributed by atoms with Crippen LogP contribution in [0.3, 0.4) is 0 Å². The van der Waals surface area contributed by atoms with Gasteiger partial charge in [-0.05, 0) is 77.0 Å². The first-order valence-corrected chi connectivity index (χ1v) is 25.9. The van der Waals surface area contributed by atoms with E-state index in [0.717, 1.165) is 57.8 Å². The second-order valence-corrected chi connectivity index (χ2v) is 18.2. The fourth-order valence-corrected chi connectivity index (χ4v) is 8.10. The first-order chi connectivity index (χ1) is 30.7. The van der Waals surface area contributed by atoms with Gasteiger partial charge in [-0.2, -0.15) is 0 Å². The molecule has 1 rings (SSSR count). The lowest BCUT2D eigenvalue weighted by Gasteiger charge is -2.40. The molecule has 1 aliphatic heterocycles. The van der Waals surface area contributed by atoms with Gasteiger partial charge in [-0.3, -0.25) is 4.79 Å². The molecule has 0 bridgehead atoms. The second-order valence-electron chi connectivity index (χ2n) is 18.2. The maximum absolute atomic E-state index is 13.1. The maximum Gasteiger partial charge on any atom is 0.249 e. The number of aliphatic hydroxyl groups excluding tert-OH is 7. The minimum Gasteiger partial charge on any atom is -0.394 e. The monoisotopic (exact) mass is 896 g/mol. The molecule has 1 heterocycles. The Morgan fingerprint density at radius 3 is 1.41 bits per heavy atom. The van der Waals surface area contributed by atoms with Crippen LogP contribution in [0.5, 0.6) is 0 Å². The zero-order valence-corrected chi connectivity index (χ0v) is 40.1. The number of aliphatic hydroxyl groups is 7. The molecular formula is C52H97NO10. The molecule has 0 aromatic rings. The molecular weight excluding hydrogens is 799 g/mol. The summed E-state index contributed by atoms with van der Waals surface area (Å²) in [4.78, 5) is 13.1. The molecule has 63 heavy (non-hydrogen) atoms. The van der Waals surface area contributed by atoms with E-state index in [4.69, 9.17) is 9.47 Å². The topological polar surface area (TPSA) is 189 Å². The van der Waals surface area contributed by atoms with E-state index >= 15 is 0 Å². The molecule has 1 amide bonds. The van der Waals surface area contributed by atoms with Crippen LogP contribution in [0.2, 0.25) is 0 Å². The second kappa shape index (κ2) is 41.7. The smallest absolute Gasteiger partial charge is 0.249 e. The first-order valence-electron chi connectivity index (χ1n) is 25.9. The normalized spacial score (nSPS) is 21.4. The minimum atomic E-state index is -1.67. The highest BCUT2D eigenvalue weighted by Gasteiger charge is 2.44. The van der Waals surface area contributed by atoms with Crippen LogP contribution in [0, 0.1) is 0 Å². The predicted octanol–water partition coefficient (Wildman–Crippen LogP) is 9.56. The molecule has 11 nitrogen and oxygen atoms in total. The van der Waals surface area contributed by atoms with E-state index in [1.54, 1.807) is 0 Å². The third-order valence-corrected chi connectivity index (χ3v) is 12.4. The number of allylic oxidation sites excluding steroid dienone is 6. The number of hydrogen-bond donors (Lipinski definition) is 8. The number of ether oxygens (including phenoxy) is 2. The van der Waals surface area contributed by atoms with Crippen molar-refractivity contribution in [2.24, 2.45) is 0 Å². The third-order valence-electron chi connectivity index (χ3n) is 12.4. The molecule has 1 aliphatic rings. The zero-order valence-electron chi connectivity index (χ0n) is 40.1. The summed E-state index contributed by atoms with van der Waals surface area (Å²) in [6.45, 7) is 3.42. The van der Waals surface area contributed by atoms with Crippen molar-refractivity contribution in [2.45, 2.75) is 274 Å². The van der Waals surface area contributed by atoms with Gasteiger partial charge in [0.25, 0.3) is 0 Å². The summed E-state index contributed by atoms with van der Waals surface area (Å²) in [5.74, 6) is -0.716. The van der Waals surface area contributed by atoms with E-state index in [1.165, 1.54) is 116 Å². The highest BCUT2D eigenvalue weighted by Crippen LogP contribution is 2.23. The van der Waals surface area contributed by atoms with Crippen molar-refractivity contribution in [2.75, 3.05) is 13.2 Å². The molecule has 11 heteroatoms. The Balaban J connectivity index is 2.43. The molecule has 1 fully saturated rings. The molecule has 0 spiro atoms. The Kier molecular flexibility index (Phi) is 39.3. The van der Waals surface area contributed by atoms with E-state index < -0.39 is 74.2 Å². The molecule has 9 atom stereocenters. The van der Waals surface area contributed by atoms with Gasteiger partial charge in [-0.15, -0.1) is 0 Å². The number of amides is 1. The average Bonchev–Trinajstić information content (AvgIpc) is 3.28. The number of carbonyl (C=O) groups excluding carboxylic acids is 1. The molecule has 0 saturated carbocycles. The quantitative estimate of drug-likeness (QED) is 0.0216. The molecule has 8 N–H and O–H groups in total. The molecule has 0 aromatic carbocycles. The highest BCUT2D eigenvalue weighted by molar-refractivity contribution is 5.80. The lowest BCUT2D eigenvalue weighted by Crippen LogP contribution is -2.60. The van der Waals surface area contributed by atoms with Gasteiger partial charge in [0.2, 0.25) is 5.91 Å². The molecule has 9 unspecified atom stereocenters. The summed E-state index contributed by atoms with van der Waals surface area (Å²) >= 11 is 0. The van der Waals surface area contributed by atoms with Crippen LogP contribution in [0.15, 0.2) is 36.5 Å². The lowest BCUT2D eigenvalue weighted by molar-refractivity contribution is -0.303. The number of rotatable bonds is 43. The average molecular weight is 896 g/mol. The van der Waals surface area contributed by atoms with Gasteiger partial charge in [-0.25, -0.2) is 0 Å². The number of carbonyl (C=O) groups is 1. The molecule has 0 aromatic heterocycles. The summed E-state index contributed by atoms with van der Waals surface area (Å²) in [6.07, 6.45) is 37.6. The zero-order chi connectivity index (χ0) is 46.2. The lowest BCUT2D eigenvalue weighted by atomic mass is 9.98. The fraction of sp³-hybridized carbons (Fsp3) is 0.865. The molecule has 1 saturated heterocycles. The van der Waals surface area contributed by atoms with Gasteiger partial charge in [0.05, 0.1) is 25.4 Å². The maximum atomic E-state index is 13.1. The van der Waals surface area contributed by atoms with E-state index in [9.17, 15) is 40.5 Å². The Morgan fingerprint density at radius 1 is 0.540 bits per heavy atom. The van der Waals surface area contributed by atoms with Crippen LogP contribution in [0.1, 0.15) is 219 Å². The largest absolute Gasteiger partial charge is 0.394 e. The number of unbranched alkanes of at least 4 members (excludes halogenated alkanes) is 25. The van der Waals surface area contributed by atoms with E-state index in [1.807, 2.05) is 0 Å². The van der Waals surface area contributed by atoms with Crippen LogP contribution < -0.4 is 5.32 Å². The van der Waals surface area contributed by atoms with Crippen LogP contribution in [0.25, 0.3) is 0 Å². The van der Waals surface area contributed by atoms with Crippen molar-refractivity contribution in [1.82, 2.24) is 5.32 Å². The third kappa shape index (κ3) is 31.0.